The Balaban J connectivity index is 2.17. The van der Waals surface area contributed by atoms with E-state index in [1.54, 1.807) is 32.0 Å². The van der Waals surface area contributed by atoms with Crippen LogP contribution >= 0.6 is 0 Å². The molecule has 0 radical (unpaired) electrons. The molecule has 0 saturated carbocycles. The van der Waals surface area contributed by atoms with Gasteiger partial charge in [0.1, 0.15) is 17.9 Å². The summed E-state index contributed by atoms with van der Waals surface area (Å²) < 4.78 is 3.14. The van der Waals surface area contributed by atoms with Crippen LogP contribution in [0.25, 0.3) is 0 Å². The number of likely N-dealkylation sites (N-methyl/N-ethyl adjacent to an activating group) is 1. The Morgan fingerprint density at radius 1 is 1.43 bits per heavy atom. The van der Waals surface area contributed by atoms with Crippen LogP contribution in [0.15, 0.2) is 24.7 Å². The van der Waals surface area contributed by atoms with Gasteiger partial charge in [0, 0.05) is 19.8 Å². The highest BCUT2D eigenvalue weighted by Crippen LogP contribution is 2.21. The molecule has 2 aromatic rings. The number of aromatic nitrogens is 4. The highest BCUT2D eigenvalue weighted by Gasteiger charge is 2.34. The zero-order chi connectivity index (χ0) is 17.2. The first-order valence-electron chi connectivity index (χ1n) is 7.23. The first-order chi connectivity index (χ1) is 10.8. The van der Waals surface area contributed by atoms with Crippen molar-refractivity contribution in [1.29, 1.82) is 0 Å². The van der Waals surface area contributed by atoms with E-state index < -0.39 is 10.5 Å². The fourth-order valence-electron chi connectivity index (χ4n) is 2.37. The molecule has 0 spiro atoms. The molecule has 0 aliphatic rings. The van der Waals surface area contributed by atoms with Crippen LogP contribution in [0.1, 0.15) is 26.5 Å². The molecule has 0 aliphatic carbocycles. The molecule has 0 aromatic carbocycles. The summed E-state index contributed by atoms with van der Waals surface area (Å²) in [5, 5.41) is 18.9. The molecule has 0 saturated heterocycles. The Morgan fingerprint density at radius 2 is 2.13 bits per heavy atom. The van der Waals surface area contributed by atoms with Crippen molar-refractivity contribution in [3.8, 4) is 0 Å². The molecule has 2 aromatic heterocycles. The van der Waals surface area contributed by atoms with Gasteiger partial charge in [0.2, 0.25) is 5.91 Å². The molecule has 9 heteroatoms. The van der Waals surface area contributed by atoms with Gasteiger partial charge >= 0.3 is 5.69 Å². The molecular weight excluding hydrogens is 300 g/mol. The van der Waals surface area contributed by atoms with Crippen molar-refractivity contribution >= 4 is 11.6 Å². The Bertz CT molecular complexity index is 718. The maximum Gasteiger partial charge on any atom is 0.307 e. The molecule has 0 N–H and O–H groups in total. The molecule has 124 valence electrons. The number of nitro groups is 1. The molecule has 2 rings (SSSR count). The normalized spacial score (nSPS) is 11.5. The third-order valence-corrected chi connectivity index (χ3v) is 3.73. The molecule has 0 fully saturated rings. The minimum absolute atomic E-state index is 0.141. The second kappa shape index (κ2) is 6.19. The average molecular weight is 320 g/mol. The number of aryl methyl sites for hydroxylation is 1. The standard InChI is InChI=1S/C14H20N6O3/c1-5-18-11(6-7-15-18)9-17(4)13(21)14(2,3)19-10-12(8-16-19)20(22)23/h6-8,10H,5,9H2,1-4H3. The summed E-state index contributed by atoms with van der Waals surface area (Å²) >= 11 is 0. The third kappa shape index (κ3) is 3.22. The van der Waals surface area contributed by atoms with E-state index in [0.717, 1.165) is 18.4 Å². The number of nitrogens with zero attached hydrogens (tertiary/aromatic N) is 6. The Morgan fingerprint density at radius 3 is 2.70 bits per heavy atom. The molecule has 0 unspecified atom stereocenters. The number of rotatable bonds is 6. The van der Waals surface area contributed by atoms with Crippen molar-refractivity contribution in [3.63, 3.8) is 0 Å². The summed E-state index contributed by atoms with van der Waals surface area (Å²) in [6, 6.07) is 1.86. The number of carbonyl (C=O) groups is 1. The predicted octanol–water partition coefficient (Wildman–Crippen LogP) is 1.40. The van der Waals surface area contributed by atoms with E-state index in [-0.39, 0.29) is 11.6 Å². The van der Waals surface area contributed by atoms with Crippen molar-refractivity contribution in [1.82, 2.24) is 24.5 Å². The van der Waals surface area contributed by atoms with Gasteiger partial charge in [-0.05, 0) is 26.8 Å². The number of amides is 1. The molecule has 9 nitrogen and oxygen atoms in total. The van der Waals surface area contributed by atoms with E-state index in [4.69, 9.17) is 0 Å². The van der Waals surface area contributed by atoms with Crippen molar-refractivity contribution in [2.24, 2.45) is 0 Å². The molecular formula is C14H20N6O3. The van der Waals surface area contributed by atoms with E-state index in [9.17, 15) is 14.9 Å². The van der Waals surface area contributed by atoms with Gasteiger partial charge in [-0.3, -0.25) is 24.3 Å². The molecule has 23 heavy (non-hydrogen) atoms. The second-order valence-corrected chi connectivity index (χ2v) is 5.76. The van der Waals surface area contributed by atoms with Gasteiger partial charge in [-0.1, -0.05) is 0 Å². The molecule has 0 bridgehead atoms. The fraction of sp³-hybridized carbons (Fsp3) is 0.500. The van der Waals surface area contributed by atoms with Crippen molar-refractivity contribution in [3.05, 3.63) is 40.5 Å². The van der Waals surface area contributed by atoms with E-state index in [1.165, 1.54) is 10.9 Å². The Kier molecular flexibility index (Phi) is 4.48. The molecule has 2 heterocycles. The minimum Gasteiger partial charge on any atom is -0.338 e. The van der Waals surface area contributed by atoms with Gasteiger partial charge in [0.15, 0.2) is 0 Å². The van der Waals surface area contributed by atoms with Crippen molar-refractivity contribution < 1.29 is 9.72 Å². The Labute approximate surface area is 133 Å². The van der Waals surface area contributed by atoms with Gasteiger partial charge in [0.25, 0.3) is 0 Å². The van der Waals surface area contributed by atoms with E-state index >= 15 is 0 Å². The summed E-state index contributed by atoms with van der Waals surface area (Å²) in [6.45, 7) is 6.46. The minimum atomic E-state index is -1.03. The van der Waals surface area contributed by atoms with Crippen LogP contribution in [-0.4, -0.2) is 42.3 Å². The van der Waals surface area contributed by atoms with E-state index in [0.29, 0.717) is 6.54 Å². The summed E-state index contributed by atoms with van der Waals surface area (Å²) in [5.41, 5.74) is -0.247. The van der Waals surface area contributed by atoms with Crippen LogP contribution in [-0.2, 0) is 23.4 Å². The molecule has 0 atom stereocenters. The lowest BCUT2D eigenvalue weighted by molar-refractivity contribution is -0.385. The topological polar surface area (TPSA) is 99.1 Å². The maximum atomic E-state index is 12.7. The van der Waals surface area contributed by atoms with Crippen molar-refractivity contribution in [2.75, 3.05) is 7.05 Å². The summed E-state index contributed by atoms with van der Waals surface area (Å²) in [4.78, 5) is 24.5. The predicted molar refractivity (Wildman–Crippen MR) is 82.6 cm³/mol. The number of carbonyl (C=O) groups excluding carboxylic acids is 1. The molecule has 0 aliphatic heterocycles. The monoisotopic (exact) mass is 320 g/mol. The summed E-state index contributed by atoms with van der Waals surface area (Å²) in [5.74, 6) is -0.195. The van der Waals surface area contributed by atoms with Crippen LogP contribution in [0.2, 0.25) is 0 Å². The zero-order valence-electron chi connectivity index (χ0n) is 13.6. The van der Waals surface area contributed by atoms with Crippen LogP contribution in [0.3, 0.4) is 0 Å². The van der Waals surface area contributed by atoms with E-state index in [2.05, 4.69) is 10.2 Å². The van der Waals surface area contributed by atoms with Gasteiger partial charge in [-0.2, -0.15) is 10.2 Å². The first-order valence-corrected chi connectivity index (χ1v) is 7.23. The quantitative estimate of drug-likeness (QED) is 0.592. The lowest BCUT2D eigenvalue weighted by Crippen LogP contribution is -2.45. The van der Waals surface area contributed by atoms with Gasteiger partial charge in [-0.15, -0.1) is 0 Å². The number of hydrogen-bond donors (Lipinski definition) is 0. The number of hydrogen-bond acceptors (Lipinski definition) is 5. The van der Waals surface area contributed by atoms with Crippen molar-refractivity contribution in [2.45, 2.75) is 39.4 Å². The average Bonchev–Trinajstić information content (AvgIpc) is 3.15. The third-order valence-electron chi connectivity index (χ3n) is 3.73. The maximum absolute atomic E-state index is 12.7. The van der Waals surface area contributed by atoms with Gasteiger partial charge in [0.05, 0.1) is 17.2 Å². The van der Waals surface area contributed by atoms with Crippen LogP contribution in [0.5, 0.6) is 0 Å². The highest BCUT2D eigenvalue weighted by atomic mass is 16.6. The lowest BCUT2D eigenvalue weighted by Gasteiger charge is -2.29. The molecule has 1 amide bonds. The van der Waals surface area contributed by atoms with Gasteiger partial charge in [-0.25, -0.2) is 0 Å². The first kappa shape index (κ1) is 16.7. The van der Waals surface area contributed by atoms with Crippen LogP contribution in [0.4, 0.5) is 5.69 Å². The smallest absolute Gasteiger partial charge is 0.307 e. The second-order valence-electron chi connectivity index (χ2n) is 5.76. The van der Waals surface area contributed by atoms with Crippen LogP contribution in [0, 0.1) is 10.1 Å². The summed E-state index contributed by atoms with van der Waals surface area (Å²) in [6.07, 6.45) is 4.10. The highest BCUT2D eigenvalue weighted by molar-refractivity contribution is 5.83. The van der Waals surface area contributed by atoms with Crippen LogP contribution < -0.4 is 0 Å². The summed E-state index contributed by atoms with van der Waals surface area (Å²) in [7, 11) is 1.69. The van der Waals surface area contributed by atoms with E-state index in [1.807, 2.05) is 17.7 Å². The SMILES string of the molecule is CCn1nccc1CN(C)C(=O)C(C)(C)n1cc([N+](=O)[O-])cn1. The largest absolute Gasteiger partial charge is 0.338 e. The Hall–Kier alpha value is -2.71. The zero-order valence-corrected chi connectivity index (χ0v) is 13.6. The fourth-order valence-corrected chi connectivity index (χ4v) is 2.37. The lowest BCUT2D eigenvalue weighted by atomic mass is 10.0. The van der Waals surface area contributed by atoms with Gasteiger partial charge < -0.3 is 4.90 Å².